The average molecular weight is 324 g/mol. The van der Waals surface area contributed by atoms with E-state index in [0.29, 0.717) is 39.6 Å². The number of fused-ring (bicyclic) bond motifs is 1. The maximum atomic E-state index is 5.86. The Bertz CT molecular complexity index is 431. The van der Waals surface area contributed by atoms with Crippen molar-refractivity contribution in [3.63, 3.8) is 0 Å². The maximum Gasteiger partial charge on any atom is 0.161 e. The zero-order valence-electron chi connectivity index (χ0n) is 14.0. The fourth-order valence-electron chi connectivity index (χ4n) is 2.16. The van der Waals surface area contributed by atoms with Crippen molar-refractivity contribution in [2.75, 3.05) is 72.9 Å². The lowest BCUT2D eigenvalue weighted by Gasteiger charge is -2.18. The number of rotatable bonds is 0. The highest BCUT2D eigenvalue weighted by Gasteiger charge is 2.05. The summed E-state index contributed by atoms with van der Waals surface area (Å²) in [6.45, 7) is 7.20. The summed E-state index contributed by atoms with van der Waals surface area (Å²) in [7, 11) is 2.07. The lowest BCUT2D eigenvalue weighted by Crippen LogP contribution is -2.29. The third-order valence-corrected chi connectivity index (χ3v) is 3.53. The van der Waals surface area contributed by atoms with Gasteiger partial charge in [-0.1, -0.05) is 12.1 Å². The Hall–Kier alpha value is -1.34. The number of hydrogen-bond acceptors (Lipinski definition) is 6. The lowest BCUT2D eigenvalue weighted by atomic mass is 10.3. The Balaban J connectivity index is 1.84. The summed E-state index contributed by atoms with van der Waals surface area (Å²) in [6, 6.07) is 7.80. The number of benzene rings is 1. The van der Waals surface area contributed by atoms with Crippen LogP contribution >= 0.6 is 0 Å². The number of ether oxygens (including phenoxy) is 4. The Morgan fingerprint density at radius 1 is 0.783 bits per heavy atom. The van der Waals surface area contributed by atoms with Crippen molar-refractivity contribution in [2.24, 2.45) is 0 Å². The minimum Gasteiger partial charge on any atom is -0.488 e. The molecule has 1 aliphatic rings. The van der Waals surface area contributed by atoms with Crippen molar-refractivity contribution >= 4 is 0 Å². The van der Waals surface area contributed by atoms with Gasteiger partial charge in [0.15, 0.2) is 11.5 Å². The van der Waals surface area contributed by atoms with Crippen LogP contribution in [-0.2, 0) is 9.47 Å². The molecule has 1 aromatic rings. The second-order valence-electron chi connectivity index (χ2n) is 5.42. The van der Waals surface area contributed by atoms with E-state index >= 15 is 0 Å². The summed E-state index contributed by atoms with van der Waals surface area (Å²) in [5.41, 5.74) is 0. The van der Waals surface area contributed by atoms with Crippen LogP contribution in [0, 0.1) is 0 Å². The zero-order valence-corrected chi connectivity index (χ0v) is 14.0. The molecule has 0 saturated carbocycles. The molecule has 1 aliphatic heterocycles. The average Bonchev–Trinajstić information content (AvgIpc) is 2.56. The van der Waals surface area contributed by atoms with Crippen LogP contribution in [0.15, 0.2) is 24.3 Å². The van der Waals surface area contributed by atoms with Crippen LogP contribution in [0.5, 0.6) is 11.5 Å². The molecular formula is C17H28N2O4. The van der Waals surface area contributed by atoms with Crippen molar-refractivity contribution in [3.05, 3.63) is 24.3 Å². The highest BCUT2D eigenvalue weighted by molar-refractivity contribution is 5.39. The summed E-state index contributed by atoms with van der Waals surface area (Å²) in [5.74, 6) is 1.58. The minimum atomic E-state index is 0.601. The molecule has 0 unspecified atom stereocenters. The van der Waals surface area contributed by atoms with E-state index in [-0.39, 0.29) is 0 Å². The molecule has 0 aromatic heterocycles. The summed E-state index contributed by atoms with van der Waals surface area (Å²) < 4.78 is 22.7. The Kier molecular flexibility index (Phi) is 8.80. The largest absolute Gasteiger partial charge is 0.488 e. The van der Waals surface area contributed by atoms with Gasteiger partial charge in [-0.3, -0.25) is 0 Å². The Morgan fingerprint density at radius 3 is 2.17 bits per heavy atom. The van der Waals surface area contributed by atoms with Gasteiger partial charge in [-0.2, -0.15) is 0 Å². The number of nitrogens with one attached hydrogen (secondary N) is 1. The third kappa shape index (κ3) is 7.65. The molecule has 130 valence electrons. The SMILES string of the molecule is CN1CCOCCOCCNCCOc2ccccc2OCC1. The molecule has 0 aliphatic carbocycles. The first kappa shape index (κ1) is 18.0. The van der Waals surface area contributed by atoms with Gasteiger partial charge in [-0.05, 0) is 19.2 Å². The lowest BCUT2D eigenvalue weighted by molar-refractivity contribution is 0.0405. The molecule has 0 fully saturated rings. The van der Waals surface area contributed by atoms with Gasteiger partial charge in [-0.25, -0.2) is 0 Å². The summed E-state index contributed by atoms with van der Waals surface area (Å²) in [6.07, 6.45) is 0. The van der Waals surface area contributed by atoms with Crippen molar-refractivity contribution in [3.8, 4) is 11.5 Å². The van der Waals surface area contributed by atoms with E-state index in [1.165, 1.54) is 0 Å². The van der Waals surface area contributed by atoms with Crippen LogP contribution < -0.4 is 14.8 Å². The van der Waals surface area contributed by atoms with Gasteiger partial charge in [0, 0.05) is 26.2 Å². The monoisotopic (exact) mass is 324 g/mol. The molecule has 2 rings (SSSR count). The summed E-state index contributed by atoms with van der Waals surface area (Å²) >= 11 is 0. The molecule has 6 heteroatoms. The van der Waals surface area contributed by atoms with Crippen molar-refractivity contribution < 1.29 is 18.9 Å². The maximum absolute atomic E-state index is 5.86. The van der Waals surface area contributed by atoms with E-state index in [1.54, 1.807) is 0 Å². The van der Waals surface area contributed by atoms with Gasteiger partial charge >= 0.3 is 0 Å². The molecule has 0 atom stereocenters. The number of nitrogens with zero attached hydrogens (tertiary/aromatic N) is 1. The van der Waals surface area contributed by atoms with Gasteiger partial charge in [0.1, 0.15) is 13.2 Å². The minimum absolute atomic E-state index is 0.601. The fourth-order valence-corrected chi connectivity index (χ4v) is 2.16. The van der Waals surface area contributed by atoms with Gasteiger partial charge in [0.2, 0.25) is 0 Å². The molecule has 0 radical (unpaired) electrons. The quantitative estimate of drug-likeness (QED) is 0.769. The molecule has 6 nitrogen and oxygen atoms in total. The highest BCUT2D eigenvalue weighted by Crippen LogP contribution is 2.26. The molecule has 1 heterocycles. The first-order valence-electron chi connectivity index (χ1n) is 8.25. The van der Waals surface area contributed by atoms with Crippen LogP contribution in [0.4, 0.5) is 0 Å². The van der Waals surface area contributed by atoms with E-state index in [4.69, 9.17) is 18.9 Å². The van der Waals surface area contributed by atoms with E-state index < -0.39 is 0 Å². The molecule has 0 amide bonds. The molecule has 1 aromatic carbocycles. The molecule has 0 bridgehead atoms. The molecule has 23 heavy (non-hydrogen) atoms. The van der Waals surface area contributed by atoms with E-state index in [9.17, 15) is 0 Å². The van der Waals surface area contributed by atoms with Crippen LogP contribution in [0.2, 0.25) is 0 Å². The van der Waals surface area contributed by atoms with Crippen molar-refractivity contribution in [2.45, 2.75) is 0 Å². The van der Waals surface area contributed by atoms with Gasteiger partial charge in [0.25, 0.3) is 0 Å². The number of likely N-dealkylation sites (N-methyl/N-ethyl adjacent to an activating group) is 1. The predicted octanol–water partition coefficient (Wildman–Crippen LogP) is 1.01. The van der Waals surface area contributed by atoms with Crippen molar-refractivity contribution in [1.82, 2.24) is 10.2 Å². The van der Waals surface area contributed by atoms with Crippen LogP contribution in [-0.4, -0.2) is 77.8 Å². The van der Waals surface area contributed by atoms with Crippen LogP contribution in [0.25, 0.3) is 0 Å². The second kappa shape index (κ2) is 11.2. The Morgan fingerprint density at radius 2 is 1.39 bits per heavy atom. The summed E-state index contributed by atoms with van der Waals surface area (Å²) in [4.78, 5) is 2.19. The number of para-hydroxylation sites is 2. The number of hydrogen-bond donors (Lipinski definition) is 1. The first-order valence-corrected chi connectivity index (χ1v) is 8.25. The standard InChI is InChI=1S/C17H28N2O4/c1-19-8-12-21-15-14-20-10-6-18-7-11-22-16-4-2-3-5-17(16)23-13-9-19/h2-5,18H,6-15H2,1H3. The second-order valence-corrected chi connectivity index (χ2v) is 5.42. The Labute approximate surface area is 138 Å². The molecule has 0 spiro atoms. The predicted molar refractivity (Wildman–Crippen MR) is 89.4 cm³/mol. The molecular weight excluding hydrogens is 296 g/mol. The smallest absolute Gasteiger partial charge is 0.161 e. The topological polar surface area (TPSA) is 52.2 Å². The molecule has 0 saturated heterocycles. The van der Waals surface area contributed by atoms with Gasteiger partial charge in [-0.15, -0.1) is 0 Å². The highest BCUT2D eigenvalue weighted by atomic mass is 16.5. The van der Waals surface area contributed by atoms with E-state index in [2.05, 4.69) is 17.3 Å². The van der Waals surface area contributed by atoms with E-state index in [1.807, 2.05) is 24.3 Å². The van der Waals surface area contributed by atoms with Gasteiger partial charge < -0.3 is 29.2 Å². The van der Waals surface area contributed by atoms with Crippen molar-refractivity contribution in [1.29, 1.82) is 0 Å². The third-order valence-electron chi connectivity index (χ3n) is 3.53. The molecule has 1 N–H and O–H groups in total. The first-order chi connectivity index (χ1) is 11.4. The van der Waals surface area contributed by atoms with Gasteiger partial charge in [0.05, 0.1) is 26.4 Å². The summed E-state index contributed by atoms with van der Waals surface area (Å²) in [5, 5.41) is 3.29. The fraction of sp³-hybridized carbons (Fsp3) is 0.647. The van der Waals surface area contributed by atoms with Crippen LogP contribution in [0.1, 0.15) is 0 Å². The zero-order chi connectivity index (χ0) is 16.2. The van der Waals surface area contributed by atoms with Crippen LogP contribution in [0.3, 0.4) is 0 Å². The van der Waals surface area contributed by atoms with E-state index in [0.717, 1.165) is 37.7 Å². The normalized spacial score (nSPS) is 20.4.